The molecule has 0 saturated heterocycles. The number of carbonyl (C=O) groups is 1. The highest BCUT2D eigenvalue weighted by Gasteiger charge is 2.08. The fraction of sp³-hybridized carbons (Fsp3) is 0.250. The van der Waals surface area contributed by atoms with E-state index in [1.807, 2.05) is 12.1 Å². The van der Waals surface area contributed by atoms with Crippen LogP contribution in [0.5, 0.6) is 5.75 Å². The Morgan fingerprint density at radius 3 is 2.95 bits per heavy atom. The van der Waals surface area contributed by atoms with Crippen LogP contribution in [-0.2, 0) is 11.3 Å². The van der Waals surface area contributed by atoms with Gasteiger partial charge in [0.05, 0.1) is 12.8 Å². The number of carbonyl (C=O) groups excluding carboxylic acids is 1. The summed E-state index contributed by atoms with van der Waals surface area (Å²) >= 11 is 5.93. The molecular weight excluding hydrogens is 302 g/mol. The summed E-state index contributed by atoms with van der Waals surface area (Å²) in [5.41, 5.74) is 1.66. The van der Waals surface area contributed by atoms with Crippen molar-refractivity contribution in [2.24, 2.45) is 0 Å². The molecule has 0 aliphatic carbocycles. The lowest BCUT2D eigenvalue weighted by Crippen LogP contribution is -2.21. The van der Waals surface area contributed by atoms with Crippen LogP contribution in [0.15, 0.2) is 42.7 Å². The third-order valence-electron chi connectivity index (χ3n) is 3.02. The predicted molar refractivity (Wildman–Crippen MR) is 87.2 cm³/mol. The molecule has 0 radical (unpaired) electrons. The van der Waals surface area contributed by atoms with Gasteiger partial charge in [0.2, 0.25) is 5.91 Å². The molecule has 0 unspecified atom stereocenters. The first-order chi connectivity index (χ1) is 10.7. The third kappa shape index (κ3) is 5.02. The monoisotopic (exact) mass is 319 g/mol. The number of nitrogens with one attached hydrogen (secondary N) is 2. The van der Waals surface area contributed by atoms with Gasteiger partial charge in [0.1, 0.15) is 5.75 Å². The number of nitrogens with zero attached hydrogens (tertiary/aromatic N) is 1. The number of benzene rings is 1. The number of halogens is 1. The van der Waals surface area contributed by atoms with Crippen LogP contribution < -0.4 is 15.4 Å². The van der Waals surface area contributed by atoms with Crippen molar-refractivity contribution in [2.45, 2.75) is 13.0 Å². The zero-order chi connectivity index (χ0) is 15.8. The zero-order valence-electron chi connectivity index (χ0n) is 12.3. The molecule has 2 rings (SSSR count). The Hall–Kier alpha value is -2.11. The molecule has 116 valence electrons. The lowest BCUT2D eigenvalue weighted by Gasteiger charge is -2.11. The highest BCUT2D eigenvalue weighted by molar-refractivity contribution is 6.31. The number of aromatic nitrogens is 1. The van der Waals surface area contributed by atoms with Crippen molar-refractivity contribution in [1.82, 2.24) is 10.3 Å². The first-order valence-corrected chi connectivity index (χ1v) is 7.30. The summed E-state index contributed by atoms with van der Waals surface area (Å²) in [6.07, 6.45) is 3.88. The largest absolute Gasteiger partial charge is 0.495 e. The Morgan fingerprint density at radius 2 is 2.23 bits per heavy atom. The summed E-state index contributed by atoms with van der Waals surface area (Å²) in [6.45, 7) is 1.26. The van der Waals surface area contributed by atoms with Gasteiger partial charge in [-0.05, 0) is 29.8 Å². The molecule has 2 N–H and O–H groups in total. The molecule has 1 heterocycles. The molecule has 0 saturated carbocycles. The molecule has 5 nitrogen and oxygen atoms in total. The summed E-state index contributed by atoms with van der Waals surface area (Å²) in [6, 6.07) is 8.97. The summed E-state index contributed by atoms with van der Waals surface area (Å²) in [5, 5.41) is 6.55. The van der Waals surface area contributed by atoms with E-state index in [4.69, 9.17) is 16.3 Å². The second-order valence-corrected chi connectivity index (χ2v) is 5.12. The maximum Gasteiger partial charge on any atom is 0.225 e. The highest BCUT2D eigenvalue weighted by Crippen LogP contribution is 2.27. The van der Waals surface area contributed by atoms with Crippen molar-refractivity contribution in [3.63, 3.8) is 0 Å². The Bertz CT molecular complexity index is 620. The molecule has 0 fully saturated rings. The average Bonchev–Trinajstić information content (AvgIpc) is 2.53. The van der Waals surface area contributed by atoms with Crippen LogP contribution in [0.4, 0.5) is 5.69 Å². The van der Waals surface area contributed by atoms with Gasteiger partial charge in [-0.3, -0.25) is 9.78 Å². The van der Waals surface area contributed by atoms with Crippen LogP contribution in [-0.4, -0.2) is 24.5 Å². The van der Waals surface area contributed by atoms with E-state index in [1.54, 1.807) is 37.7 Å². The fourth-order valence-corrected chi connectivity index (χ4v) is 2.10. The van der Waals surface area contributed by atoms with Gasteiger partial charge in [0, 0.05) is 36.9 Å². The number of anilines is 1. The smallest absolute Gasteiger partial charge is 0.225 e. The van der Waals surface area contributed by atoms with Crippen molar-refractivity contribution < 1.29 is 9.53 Å². The van der Waals surface area contributed by atoms with Gasteiger partial charge in [-0.2, -0.15) is 0 Å². The quantitative estimate of drug-likeness (QED) is 0.770. The van der Waals surface area contributed by atoms with E-state index in [0.717, 1.165) is 5.56 Å². The van der Waals surface area contributed by atoms with Crippen molar-refractivity contribution in [1.29, 1.82) is 0 Å². The molecule has 2 aromatic rings. The van der Waals surface area contributed by atoms with Gasteiger partial charge in [-0.1, -0.05) is 17.7 Å². The van der Waals surface area contributed by atoms with Gasteiger partial charge >= 0.3 is 0 Å². The number of rotatable bonds is 7. The molecule has 22 heavy (non-hydrogen) atoms. The van der Waals surface area contributed by atoms with E-state index in [1.165, 1.54) is 0 Å². The van der Waals surface area contributed by atoms with Crippen molar-refractivity contribution in [2.75, 3.05) is 19.0 Å². The van der Waals surface area contributed by atoms with Crippen LogP contribution in [0, 0.1) is 0 Å². The SMILES string of the molecule is COc1ccc(Cl)cc1NC(=O)CCNCc1cccnc1. The number of hydrogen-bond donors (Lipinski definition) is 2. The highest BCUT2D eigenvalue weighted by atomic mass is 35.5. The number of methoxy groups -OCH3 is 1. The Labute approximate surface area is 134 Å². The average molecular weight is 320 g/mol. The topological polar surface area (TPSA) is 63.2 Å². The molecule has 0 bridgehead atoms. The Morgan fingerprint density at radius 1 is 1.36 bits per heavy atom. The summed E-state index contributed by atoms with van der Waals surface area (Å²) in [7, 11) is 1.55. The van der Waals surface area contributed by atoms with Crippen LogP contribution >= 0.6 is 11.6 Å². The van der Waals surface area contributed by atoms with Crippen molar-refractivity contribution >= 4 is 23.2 Å². The van der Waals surface area contributed by atoms with Crippen molar-refractivity contribution in [3.8, 4) is 5.75 Å². The summed E-state index contributed by atoms with van der Waals surface area (Å²) in [4.78, 5) is 16.0. The number of ether oxygens (including phenoxy) is 1. The molecule has 0 aliphatic rings. The second kappa shape index (κ2) is 8.36. The number of pyridine rings is 1. The summed E-state index contributed by atoms with van der Waals surface area (Å²) < 4.78 is 5.19. The van der Waals surface area contributed by atoms with Crippen LogP contribution in [0.25, 0.3) is 0 Å². The molecule has 0 aliphatic heterocycles. The molecular formula is C16H18ClN3O2. The second-order valence-electron chi connectivity index (χ2n) is 4.68. The van der Waals surface area contributed by atoms with E-state index < -0.39 is 0 Å². The lowest BCUT2D eigenvalue weighted by atomic mass is 10.2. The molecule has 6 heteroatoms. The lowest BCUT2D eigenvalue weighted by molar-refractivity contribution is -0.116. The Balaban J connectivity index is 1.77. The standard InChI is InChI=1S/C16H18ClN3O2/c1-22-15-5-4-13(17)9-14(15)20-16(21)6-8-19-11-12-3-2-7-18-10-12/h2-5,7,9-10,19H,6,8,11H2,1H3,(H,20,21). The maximum atomic E-state index is 11.9. The number of amides is 1. The molecule has 1 aromatic heterocycles. The van der Waals surface area contributed by atoms with E-state index in [0.29, 0.717) is 36.0 Å². The first-order valence-electron chi connectivity index (χ1n) is 6.92. The van der Waals surface area contributed by atoms with E-state index >= 15 is 0 Å². The predicted octanol–water partition coefficient (Wildman–Crippen LogP) is 2.86. The van der Waals surface area contributed by atoms with E-state index in [2.05, 4.69) is 15.6 Å². The first kappa shape index (κ1) is 16.3. The van der Waals surface area contributed by atoms with Crippen LogP contribution in [0.2, 0.25) is 5.02 Å². The van der Waals surface area contributed by atoms with E-state index in [9.17, 15) is 4.79 Å². The zero-order valence-corrected chi connectivity index (χ0v) is 13.1. The Kier molecular flexibility index (Phi) is 6.18. The van der Waals surface area contributed by atoms with Gasteiger partial charge in [-0.25, -0.2) is 0 Å². The molecule has 0 spiro atoms. The van der Waals surface area contributed by atoms with Gasteiger partial charge < -0.3 is 15.4 Å². The van der Waals surface area contributed by atoms with Gasteiger partial charge in [0.25, 0.3) is 0 Å². The maximum absolute atomic E-state index is 11.9. The minimum atomic E-state index is -0.0979. The van der Waals surface area contributed by atoms with Gasteiger partial charge in [0.15, 0.2) is 0 Å². The summed E-state index contributed by atoms with van der Waals surface area (Å²) in [5.74, 6) is 0.486. The third-order valence-corrected chi connectivity index (χ3v) is 3.25. The minimum absolute atomic E-state index is 0.0979. The fourth-order valence-electron chi connectivity index (χ4n) is 1.93. The van der Waals surface area contributed by atoms with Crippen LogP contribution in [0.3, 0.4) is 0 Å². The molecule has 0 atom stereocenters. The van der Waals surface area contributed by atoms with E-state index in [-0.39, 0.29) is 5.91 Å². The normalized spacial score (nSPS) is 10.3. The minimum Gasteiger partial charge on any atom is -0.495 e. The molecule has 1 amide bonds. The van der Waals surface area contributed by atoms with Crippen molar-refractivity contribution in [3.05, 3.63) is 53.3 Å². The van der Waals surface area contributed by atoms with Crippen LogP contribution in [0.1, 0.15) is 12.0 Å². The molecule has 1 aromatic carbocycles. The van der Waals surface area contributed by atoms with Gasteiger partial charge in [-0.15, -0.1) is 0 Å². The number of hydrogen-bond acceptors (Lipinski definition) is 4.